The van der Waals surface area contributed by atoms with E-state index in [1.54, 1.807) is 4.90 Å². The summed E-state index contributed by atoms with van der Waals surface area (Å²) in [6.07, 6.45) is 4.13. The summed E-state index contributed by atoms with van der Waals surface area (Å²) in [5.41, 5.74) is 2.07. The van der Waals surface area contributed by atoms with Crippen LogP contribution >= 0.6 is 0 Å². The van der Waals surface area contributed by atoms with Crippen LogP contribution in [0.25, 0.3) is 6.08 Å². The second-order valence-corrected chi connectivity index (χ2v) is 7.26. The van der Waals surface area contributed by atoms with E-state index in [9.17, 15) is 4.79 Å². The molecule has 0 bridgehead atoms. The standard InChI is InChI=1S/C18H25N3O2/c1-18(2,3)23-17(22)21-11-14(12-21)19-16-15-8-6-5-7-13(15)9-10-20(16)4/h5-10,14,16,19H,11-12H2,1-4H3. The maximum absolute atomic E-state index is 12.0. The summed E-state index contributed by atoms with van der Waals surface area (Å²) in [6, 6.07) is 8.68. The molecule has 0 saturated carbocycles. The van der Waals surface area contributed by atoms with Crippen molar-refractivity contribution in [3.05, 3.63) is 41.6 Å². The molecule has 5 nitrogen and oxygen atoms in total. The first-order valence-corrected chi connectivity index (χ1v) is 8.06. The number of carbonyl (C=O) groups is 1. The number of benzene rings is 1. The molecule has 1 saturated heterocycles. The highest BCUT2D eigenvalue weighted by molar-refractivity contribution is 5.69. The number of nitrogens with one attached hydrogen (secondary N) is 1. The fraction of sp³-hybridized carbons (Fsp3) is 0.500. The maximum atomic E-state index is 12.0. The van der Waals surface area contributed by atoms with E-state index in [1.165, 1.54) is 11.1 Å². The highest BCUT2D eigenvalue weighted by Crippen LogP contribution is 2.28. The number of carbonyl (C=O) groups excluding carboxylic acids is 1. The third-order valence-corrected chi connectivity index (χ3v) is 4.11. The third-order valence-electron chi connectivity index (χ3n) is 4.11. The van der Waals surface area contributed by atoms with Crippen molar-refractivity contribution in [2.24, 2.45) is 0 Å². The minimum atomic E-state index is -0.442. The van der Waals surface area contributed by atoms with Crippen LogP contribution in [0, 0.1) is 0 Å². The minimum absolute atomic E-state index is 0.141. The molecule has 3 rings (SSSR count). The summed E-state index contributed by atoms with van der Waals surface area (Å²) in [6.45, 7) is 7.04. The topological polar surface area (TPSA) is 44.8 Å². The minimum Gasteiger partial charge on any atom is -0.444 e. The first-order chi connectivity index (χ1) is 10.8. The lowest BCUT2D eigenvalue weighted by Crippen LogP contribution is -2.62. The molecule has 1 N–H and O–H groups in total. The van der Waals surface area contributed by atoms with Gasteiger partial charge in [-0.15, -0.1) is 0 Å². The van der Waals surface area contributed by atoms with Gasteiger partial charge in [0.25, 0.3) is 0 Å². The van der Waals surface area contributed by atoms with Crippen molar-refractivity contribution in [2.45, 2.75) is 38.6 Å². The molecule has 0 aromatic heterocycles. The second-order valence-electron chi connectivity index (χ2n) is 7.26. The average Bonchev–Trinajstić information content (AvgIpc) is 2.42. The van der Waals surface area contributed by atoms with Gasteiger partial charge in [-0.3, -0.25) is 5.32 Å². The molecule has 2 heterocycles. The van der Waals surface area contributed by atoms with Gasteiger partial charge in [-0.1, -0.05) is 24.3 Å². The molecule has 1 fully saturated rings. The van der Waals surface area contributed by atoms with Crippen molar-refractivity contribution >= 4 is 12.2 Å². The predicted molar refractivity (Wildman–Crippen MR) is 90.7 cm³/mol. The van der Waals surface area contributed by atoms with Gasteiger partial charge in [-0.2, -0.15) is 0 Å². The Morgan fingerprint density at radius 2 is 1.96 bits per heavy atom. The van der Waals surface area contributed by atoms with Crippen molar-refractivity contribution < 1.29 is 9.53 Å². The van der Waals surface area contributed by atoms with Crippen molar-refractivity contribution in [1.82, 2.24) is 15.1 Å². The van der Waals surface area contributed by atoms with E-state index in [4.69, 9.17) is 4.74 Å². The zero-order valence-electron chi connectivity index (χ0n) is 14.2. The molecule has 1 amide bonds. The lowest BCUT2D eigenvalue weighted by molar-refractivity contribution is 0.00195. The predicted octanol–water partition coefficient (Wildman–Crippen LogP) is 2.81. The molecule has 2 aliphatic rings. The molecule has 0 radical (unpaired) electrons. The Morgan fingerprint density at radius 3 is 2.65 bits per heavy atom. The summed E-state index contributed by atoms with van der Waals surface area (Å²) in [7, 11) is 2.06. The first kappa shape index (κ1) is 15.9. The molecule has 124 valence electrons. The van der Waals surface area contributed by atoms with Crippen LogP contribution in [-0.2, 0) is 4.74 Å². The molecule has 1 aromatic rings. The quantitative estimate of drug-likeness (QED) is 0.911. The Bertz CT molecular complexity index is 615. The highest BCUT2D eigenvalue weighted by Gasteiger charge is 2.36. The van der Waals surface area contributed by atoms with E-state index in [1.807, 2.05) is 20.8 Å². The Balaban J connectivity index is 1.58. The van der Waals surface area contributed by atoms with Gasteiger partial charge in [-0.05, 0) is 38.0 Å². The molecule has 23 heavy (non-hydrogen) atoms. The normalized spacial score (nSPS) is 21.0. The van der Waals surface area contributed by atoms with E-state index >= 15 is 0 Å². The van der Waals surface area contributed by atoms with Crippen molar-refractivity contribution in [2.75, 3.05) is 20.1 Å². The lowest BCUT2D eigenvalue weighted by atomic mass is 9.99. The summed E-state index contributed by atoms with van der Waals surface area (Å²) in [4.78, 5) is 15.9. The Morgan fingerprint density at radius 1 is 1.26 bits per heavy atom. The summed E-state index contributed by atoms with van der Waals surface area (Å²) < 4.78 is 5.39. The Labute approximate surface area is 137 Å². The van der Waals surface area contributed by atoms with Crippen LogP contribution in [0.15, 0.2) is 30.5 Å². The number of fused-ring (bicyclic) bond motifs is 1. The van der Waals surface area contributed by atoms with Crippen molar-refractivity contribution in [3.63, 3.8) is 0 Å². The van der Waals surface area contributed by atoms with Gasteiger partial charge in [0.2, 0.25) is 0 Å². The van der Waals surface area contributed by atoms with Crippen LogP contribution < -0.4 is 5.32 Å². The number of rotatable bonds is 2. The van der Waals surface area contributed by atoms with Gasteiger partial charge in [0, 0.05) is 32.4 Å². The smallest absolute Gasteiger partial charge is 0.410 e. The monoisotopic (exact) mass is 315 g/mol. The first-order valence-electron chi connectivity index (χ1n) is 8.06. The Hall–Kier alpha value is -2.01. The molecule has 1 aromatic carbocycles. The van der Waals surface area contributed by atoms with Crippen LogP contribution in [0.2, 0.25) is 0 Å². The van der Waals surface area contributed by atoms with Crippen molar-refractivity contribution in [1.29, 1.82) is 0 Å². The van der Waals surface area contributed by atoms with Crippen LogP contribution in [-0.4, -0.2) is 47.7 Å². The lowest BCUT2D eigenvalue weighted by Gasteiger charge is -2.44. The molecule has 5 heteroatoms. The van der Waals surface area contributed by atoms with Gasteiger partial charge < -0.3 is 14.5 Å². The Kier molecular flexibility index (Phi) is 4.06. The van der Waals surface area contributed by atoms with E-state index in [-0.39, 0.29) is 18.3 Å². The van der Waals surface area contributed by atoms with Gasteiger partial charge in [0.1, 0.15) is 11.8 Å². The van der Waals surface area contributed by atoms with E-state index in [0.717, 1.165) is 0 Å². The van der Waals surface area contributed by atoms with Gasteiger partial charge in [0.15, 0.2) is 0 Å². The SMILES string of the molecule is CN1C=Cc2ccccc2C1NC1CN(C(=O)OC(C)(C)C)C1. The zero-order chi connectivity index (χ0) is 16.6. The molecular formula is C18H25N3O2. The zero-order valence-corrected chi connectivity index (χ0v) is 14.2. The van der Waals surface area contributed by atoms with E-state index in [2.05, 4.69) is 53.8 Å². The fourth-order valence-electron chi connectivity index (χ4n) is 2.91. The number of nitrogens with zero attached hydrogens (tertiary/aromatic N) is 2. The number of hydrogen-bond donors (Lipinski definition) is 1. The number of amides is 1. The molecule has 1 unspecified atom stereocenters. The van der Waals surface area contributed by atoms with Gasteiger partial charge in [-0.25, -0.2) is 4.79 Å². The highest BCUT2D eigenvalue weighted by atomic mass is 16.6. The summed E-state index contributed by atoms with van der Waals surface area (Å²) in [5.74, 6) is 0. The number of likely N-dealkylation sites (tertiary alicyclic amines) is 1. The number of hydrogen-bond acceptors (Lipinski definition) is 4. The van der Waals surface area contributed by atoms with E-state index < -0.39 is 5.60 Å². The van der Waals surface area contributed by atoms with Crippen LogP contribution in [0.5, 0.6) is 0 Å². The molecule has 1 atom stereocenters. The van der Waals surface area contributed by atoms with Gasteiger partial charge >= 0.3 is 6.09 Å². The van der Waals surface area contributed by atoms with Crippen molar-refractivity contribution in [3.8, 4) is 0 Å². The van der Waals surface area contributed by atoms with Crippen LogP contribution in [0.1, 0.15) is 38.1 Å². The second kappa shape index (κ2) is 5.89. The third kappa shape index (κ3) is 3.50. The van der Waals surface area contributed by atoms with Crippen LogP contribution in [0.4, 0.5) is 4.79 Å². The van der Waals surface area contributed by atoms with Gasteiger partial charge in [0.05, 0.1) is 0 Å². The number of ether oxygens (including phenoxy) is 1. The molecule has 0 spiro atoms. The molecule has 2 aliphatic heterocycles. The molecular weight excluding hydrogens is 290 g/mol. The summed E-state index contributed by atoms with van der Waals surface area (Å²) in [5, 5.41) is 3.63. The van der Waals surface area contributed by atoms with E-state index in [0.29, 0.717) is 13.1 Å². The average molecular weight is 315 g/mol. The maximum Gasteiger partial charge on any atom is 0.410 e. The molecule has 0 aliphatic carbocycles. The van der Waals surface area contributed by atoms with Crippen LogP contribution in [0.3, 0.4) is 0 Å². The summed E-state index contributed by atoms with van der Waals surface area (Å²) >= 11 is 0. The largest absolute Gasteiger partial charge is 0.444 e. The fourth-order valence-corrected chi connectivity index (χ4v) is 2.91.